The average Bonchev–Trinajstić information content (AvgIpc) is 2.67. The summed E-state index contributed by atoms with van der Waals surface area (Å²) in [5.74, 6) is -0.00202. The van der Waals surface area contributed by atoms with Crippen LogP contribution >= 0.6 is 23.2 Å². The quantitative estimate of drug-likeness (QED) is 0.365. The summed E-state index contributed by atoms with van der Waals surface area (Å²) in [4.78, 5) is 11.6. The van der Waals surface area contributed by atoms with Crippen molar-refractivity contribution in [1.82, 2.24) is 0 Å². The number of aryl methyl sites for hydroxylation is 1. The summed E-state index contributed by atoms with van der Waals surface area (Å²) in [5, 5.41) is 5.12. The van der Waals surface area contributed by atoms with Crippen molar-refractivity contribution in [3.8, 4) is 0 Å². The van der Waals surface area contributed by atoms with Gasteiger partial charge in [-0.15, -0.1) is 0 Å². The van der Waals surface area contributed by atoms with E-state index in [1.54, 1.807) is 0 Å². The molecule has 1 aliphatic carbocycles. The van der Waals surface area contributed by atoms with E-state index in [9.17, 15) is 4.79 Å². The van der Waals surface area contributed by atoms with Crippen LogP contribution < -0.4 is 0 Å². The van der Waals surface area contributed by atoms with Gasteiger partial charge in [-0.05, 0) is 57.9 Å². The van der Waals surface area contributed by atoms with Gasteiger partial charge in [-0.1, -0.05) is 85.1 Å². The van der Waals surface area contributed by atoms with Crippen molar-refractivity contribution in [3.63, 3.8) is 0 Å². The van der Waals surface area contributed by atoms with Gasteiger partial charge in [0.15, 0.2) is 10.6 Å². The first-order chi connectivity index (χ1) is 12.6. The predicted molar refractivity (Wildman–Crippen MR) is 111 cm³/mol. The number of alkyl halides is 2. The zero-order valence-corrected chi connectivity index (χ0v) is 16.1. The van der Waals surface area contributed by atoms with Crippen LogP contribution in [0.1, 0.15) is 36.3 Å². The number of rotatable bonds is 4. The van der Waals surface area contributed by atoms with E-state index in [2.05, 4.69) is 55.5 Å². The summed E-state index contributed by atoms with van der Waals surface area (Å²) in [6.07, 6.45) is 3.36. The van der Waals surface area contributed by atoms with Crippen LogP contribution in [0.25, 0.3) is 21.5 Å². The first-order valence-electron chi connectivity index (χ1n) is 9.16. The molecule has 1 aliphatic rings. The molecule has 0 saturated heterocycles. The molecule has 3 heteroatoms. The first-order valence-corrected chi connectivity index (χ1v) is 10.0. The number of carbonyl (C=O) groups excluding carboxylic acids is 1. The number of benzene rings is 3. The number of hydrogen-bond donors (Lipinski definition) is 0. The Kier molecular flexibility index (Phi) is 4.94. The van der Waals surface area contributed by atoms with Crippen molar-refractivity contribution >= 4 is 50.5 Å². The van der Waals surface area contributed by atoms with Gasteiger partial charge in [0, 0.05) is 5.92 Å². The van der Waals surface area contributed by atoms with Gasteiger partial charge in [-0.25, -0.2) is 0 Å². The van der Waals surface area contributed by atoms with E-state index in [0.717, 1.165) is 25.7 Å². The van der Waals surface area contributed by atoms with Crippen molar-refractivity contribution in [1.29, 1.82) is 0 Å². The van der Waals surface area contributed by atoms with Gasteiger partial charge in [0.25, 0.3) is 0 Å². The minimum Gasteiger partial charge on any atom is -0.296 e. The summed E-state index contributed by atoms with van der Waals surface area (Å²) >= 11 is 11.8. The lowest BCUT2D eigenvalue weighted by atomic mass is 9.70. The van der Waals surface area contributed by atoms with E-state index in [-0.39, 0.29) is 17.6 Å². The Morgan fingerprint density at radius 1 is 1.04 bits per heavy atom. The number of halogens is 2. The molecule has 2 unspecified atom stereocenters. The van der Waals surface area contributed by atoms with Gasteiger partial charge in [-0.2, -0.15) is 0 Å². The highest BCUT2D eigenvalue weighted by molar-refractivity contribution is 6.54. The zero-order chi connectivity index (χ0) is 18.3. The van der Waals surface area contributed by atoms with Crippen LogP contribution in [-0.2, 0) is 11.2 Å². The fourth-order valence-corrected chi connectivity index (χ4v) is 4.91. The molecule has 0 heterocycles. The maximum Gasteiger partial charge on any atom is 0.169 e. The molecule has 1 radical (unpaired) electrons. The number of hydrogen-bond acceptors (Lipinski definition) is 1. The van der Waals surface area contributed by atoms with Crippen LogP contribution in [0.3, 0.4) is 0 Å². The monoisotopic (exact) mass is 383 g/mol. The second-order valence-electron chi connectivity index (χ2n) is 7.11. The maximum atomic E-state index is 12.5. The summed E-state index contributed by atoms with van der Waals surface area (Å²) in [6, 6.07) is 17.3. The van der Waals surface area contributed by atoms with E-state index >= 15 is 0 Å². The van der Waals surface area contributed by atoms with Crippen molar-refractivity contribution in [2.24, 2.45) is 5.92 Å². The van der Waals surface area contributed by atoms with Gasteiger partial charge in [0.2, 0.25) is 0 Å². The second-order valence-corrected chi connectivity index (χ2v) is 8.21. The molecule has 133 valence electrons. The van der Waals surface area contributed by atoms with Crippen molar-refractivity contribution < 1.29 is 4.79 Å². The van der Waals surface area contributed by atoms with E-state index in [1.807, 2.05) is 0 Å². The van der Waals surface area contributed by atoms with E-state index in [1.165, 1.54) is 32.7 Å². The molecule has 0 saturated carbocycles. The molecule has 0 spiro atoms. The van der Waals surface area contributed by atoms with Crippen LogP contribution in [0.5, 0.6) is 0 Å². The number of Topliss-reactive ketones (excluding diaryl/α,β-unsaturated/α-hetero) is 1. The molecular weight excluding hydrogens is 363 g/mol. The molecule has 0 N–H and O–H groups in total. The highest BCUT2D eigenvalue weighted by Crippen LogP contribution is 2.44. The lowest BCUT2D eigenvalue weighted by molar-refractivity contribution is -0.122. The molecule has 3 aromatic rings. The third-order valence-electron chi connectivity index (χ3n) is 5.76. The normalized spacial score (nSPS) is 19.8. The molecule has 0 aliphatic heterocycles. The Morgan fingerprint density at radius 3 is 2.58 bits per heavy atom. The molecule has 2 atom stereocenters. The molecule has 1 nitrogen and oxygen atoms in total. The van der Waals surface area contributed by atoms with Crippen molar-refractivity contribution in [3.05, 3.63) is 66.6 Å². The van der Waals surface area contributed by atoms with E-state index in [0.29, 0.717) is 0 Å². The van der Waals surface area contributed by atoms with E-state index in [4.69, 9.17) is 23.2 Å². The summed E-state index contributed by atoms with van der Waals surface area (Å²) in [5.41, 5.74) is 2.64. The van der Waals surface area contributed by atoms with E-state index < -0.39 is 4.84 Å². The van der Waals surface area contributed by atoms with Gasteiger partial charge in [0.1, 0.15) is 0 Å². The number of carbonyl (C=O) groups is 1. The second kappa shape index (κ2) is 7.21. The Labute approximate surface area is 164 Å². The molecule has 4 rings (SSSR count). The van der Waals surface area contributed by atoms with Crippen molar-refractivity contribution in [2.45, 2.75) is 36.4 Å². The highest BCUT2D eigenvalue weighted by Gasteiger charge is 2.36. The summed E-state index contributed by atoms with van der Waals surface area (Å²) in [7, 11) is 0. The van der Waals surface area contributed by atoms with Gasteiger partial charge in [-0.3, -0.25) is 4.79 Å². The lowest BCUT2D eigenvalue weighted by Crippen LogP contribution is -2.31. The Balaban J connectivity index is 1.89. The minimum atomic E-state index is -0.946. The van der Waals surface area contributed by atoms with Crippen LogP contribution in [0, 0.1) is 12.8 Å². The minimum absolute atomic E-state index is 0.0453. The van der Waals surface area contributed by atoms with Crippen LogP contribution in [0.4, 0.5) is 0 Å². The molecule has 3 aromatic carbocycles. The predicted octanol–water partition coefficient (Wildman–Crippen LogP) is 6.63. The Bertz CT molecular complexity index is 977. The average molecular weight is 384 g/mol. The van der Waals surface area contributed by atoms with Gasteiger partial charge >= 0.3 is 0 Å². The Hall–Kier alpha value is -1.57. The number of fused-ring (bicyclic) bond motifs is 5. The Morgan fingerprint density at radius 2 is 1.81 bits per heavy atom. The molecule has 0 amide bonds. The highest BCUT2D eigenvalue weighted by atomic mass is 35.5. The summed E-state index contributed by atoms with van der Waals surface area (Å²) < 4.78 is 0. The molecule has 0 aromatic heterocycles. The lowest BCUT2D eigenvalue weighted by Gasteiger charge is -2.34. The maximum absolute atomic E-state index is 12.5. The zero-order valence-electron chi connectivity index (χ0n) is 14.6. The van der Waals surface area contributed by atoms with Crippen molar-refractivity contribution in [2.75, 3.05) is 0 Å². The van der Waals surface area contributed by atoms with Crippen LogP contribution in [0.15, 0.2) is 48.5 Å². The topological polar surface area (TPSA) is 17.1 Å². The molecule has 26 heavy (non-hydrogen) atoms. The SMILES string of the molecule is [CH2]CCC1c2ccc3c(ccc4ccccc43)c2CCC1C(=O)C(Cl)Cl. The summed E-state index contributed by atoms with van der Waals surface area (Å²) in [6.45, 7) is 4.02. The fourth-order valence-electron chi connectivity index (χ4n) is 4.59. The van der Waals surface area contributed by atoms with Crippen LogP contribution in [0.2, 0.25) is 0 Å². The number of ketones is 1. The smallest absolute Gasteiger partial charge is 0.169 e. The third-order valence-corrected chi connectivity index (χ3v) is 6.19. The van der Waals surface area contributed by atoms with Gasteiger partial charge < -0.3 is 0 Å². The molecule has 0 bridgehead atoms. The molecular formula is C23H21Cl2O. The standard InChI is InChI=1S/C23H21Cl2O/c1-2-5-16-19-11-10-17-15-7-4-3-6-14(15)8-9-18(17)20(19)12-13-21(16)22(26)23(24)25/h3-4,6-11,16,21,23H,1-2,5,12-13H2. The fraction of sp³-hybridized carbons (Fsp3) is 0.304. The van der Waals surface area contributed by atoms with Crippen LogP contribution in [-0.4, -0.2) is 10.6 Å². The molecule has 0 fully saturated rings. The van der Waals surface area contributed by atoms with Gasteiger partial charge in [0.05, 0.1) is 0 Å². The third kappa shape index (κ3) is 2.92. The largest absolute Gasteiger partial charge is 0.296 e. The first kappa shape index (κ1) is 17.8.